The number of amides is 1. The molecule has 0 saturated heterocycles. The number of aromatic nitrogens is 2. The Hall–Kier alpha value is -3.47. The molecular weight excluding hydrogens is 413 g/mol. The number of halogens is 1. The van der Waals surface area contributed by atoms with E-state index in [1.807, 2.05) is 53.1 Å². The molecule has 4 rings (SSSR count). The Balaban J connectivity index is 1.67. The summed E-state index contributed by atoms with van der Waals surface area (Å²) in [6.07, 6.45) is 3.41. The summed E-state index contributed by atoms with van der Waals surface area (Å²) in [5.41, 5.74) is 4.59. The molecule has 5 heteroatoms. The highest BCUT2D eigenvalue weighted by Crippen LogP contribution is 2.26. The second kappa shape index (κ2) is 10.4. The summed E-state index contributed by atoms with van der Waals surface area (Å²) in [6.45, 7) is 5.53. The molecule has 0 aliphatic heterocycles. The first-order valence-corrected chi connectivity index (χ1v) is 11.6. The van der Waals surface area contributed by atoms with Gasteiger partial charge in [0.15, 0.2) is 5.82 Å². The molecule has 1 N–H and O–H groups in total. The number of hydrogen-bond donors (Lipinski definition) is 1. The molecule has 0 unspecified atom stereocenters. The average Bonchev–Trinajstić information content (AvgIpc) is 3.20. The minimum absolute atomic E-state index is 0.159. The van der Waals surface area contributed by atoms with Gasteiger partial charge in [-0.15, -0.1) is 0 Å². The van der Waals surface area contributed by atoms with E-state index in [0.717, 1.165) is 47.0 Å². The van der Waals surface area contributed by atoms with Crippen molar-refractivity contribution in [3.05, 3.63) is 90.0 Å². The fourth-order valence-electron chi connectivity index (χ4n) is 4.05. The van der Waals surface area contributed by atoms with E-state index in [1.165, 1.54) is 12.1 Å². The van der Waals surface area contributed by atoms with Crippen molar-refractivity contribution in [1.82, 2.24) is 14.9 Å². The van der Waals surface area contributed by atoms with E-state index in [9.17, 15) is 9.18 Å². The monoisotopic (exact) mass is 443 g/mol. The molecule has 33 heavy (non-hydrogen) atoms. The molecule has 0 fully saturated rings. The van der Waals surface area contributed by atoms with Gasteiger partial charge in [0.1, 0.15) is 5.82 Å². The number of unbranched alkanes of at least 4 members (excludes halogenated alkanes) is 1. The maximum atomic E-state index is 13.3. The second-order valence-electron chi connectivity index (χ2n) is 8.67. The van der Waals surface area contributed by atoms with Crippen LogP contribution in [0.4, 0.5) is 4.39 Å². The van der Waals surface area contributed by atoms with Gasteiger partial charge in [-0.1, -0.05) is 75.2 Å². The third kappa shape index (κ3) is 5.48. The number of nitrogens with one attached hydrogen (secondary N) is 1. The smallest absolute Gasteiger partial charge is 0.287 e. The second-order valence-corrected chi connectivity index (χ2v) is 8.67. The van der Waals surface area contributed by atoms with Gasteiger partial charge in [0, 0.05) is 13.1 Å². The quantitative estimate of drug-likeness (QED) is 0.323. The van der Waals surface area contributed by atoms with Crippen LogP contribution in [0.1, 0.15) is 49.3 Å². The number of nitrogens with zero attached hydrogens (tertiary/aromatic N) is 2. The van der Waals surface area contributed by atoms with Gasteiger partial charge in [0.2, 0.25) is 0 Å². The lowest BCUT2D eigenvalue weighted by Gasteiger charge is -2.13. The van der Waals surface area contributed by atoms with Gasteiger partial charge in [-0.3, -0.25) is 4.79 Å². The summed E-state index contributed by atoms with van der Waals surface area (Å²) in [7, 11) is 0. The van der Waals surface area contributed by atoms with Crippen molar-refractivity contribution in [2.75, 3.05) is 6.54 Å². The molecule has 0 spiro atoms. The Kier molecular flexibility index (Phi) is 7.18. The molecule has 4 aromatic rings. The average molecular weight is 444 g/mol. The van der Waals surface area contributed by atoms with Crippen molar-refractivity contribution >= 4 is 16.9 Å². The van der Waals surface area contributed by atoms with E-state index >= 15 is 0 Å². The van der Waals surface area contributed by atoms with Gasteiger partial charge in [-0.05, 0) is 53.3 Å². The van der Waals surface area contributed by atoms with Gasteiger partial charge < -0.3 is 9.88 Å². The van der Waals surface area contributed by atoms with Crippen molar-refractivity contribution in [3.8, 4) is 11.1 Å². The number of imidazole rings is 1. The van der Waals surface area contributed by atoms with Crippen molar-refractivity contribution < 1.29 is 9.18 Å². The number of carbonyl (C=O) groups is 1. The third-order valence-corrected chi connectivity index (χ3v) is 5.97. The first-order valence-electron chi connectivity index (χ1n) is 11.6. The van der Waals surface area contributed by atoms with Gasteiger partial charge in [-0.25, -0.2) is 9.37 Å². The molecule has 1 amide bonds. The number of benzene rings is 3. The Morgan fingerprint density at radius 3 is 2.48 bits per heavy atom. The van der Waals surface area contributed by atoms with Crippen molar-refractivity contribution in [3.63, 3.8) is 0 Å². The normalized spacial score (nSPS) is 12.1. The zero-order valence-electron chi connectivity index (χ0n) is 19.2. The molecule has 0 aliphatic rings. The van der Waals surface area contributed by atoms with Crippen LogP contribution in [-0.2, 0) is 6.54 Å². The largest absolute Gasteiger partial charge is 0.349 e. The number of carbonyl (C=O) groups excluding carboxylic acids is 1. The van der Waals surface area contributed by atoms with E-state index in [-0.39, 0.29) is 11.7 Å². The fourth-order valence-corrected chi connectivity index (χ4v) is 4.05. The molecule has 3 aromatic carbocycles. The van der Waals surface area contributed by atoms with Crippen LogP contribution in [0.3, 0.4) is 0 Å². The van der Waals surface area contributed by atoms with Crippen molar-refractivity contribution in [2.45, 2.75) is 39.7 Å². The summed E-state index contributed by atoms with van der Waals surface area (Å²) in [5, 5.41) is 3.08. The third-order valence-electron chi connectivity index (χ3n) is 5.97. The zero-order chi connectivity index (χ0) is 23.2. The van der Waals surface area contributed by atoms with Gasteiger partial charge >= 0.3 is 0 Å². The van der Waals surface area contributed by atoms with E-state index in [2.05, 4.69) is 19.2 Å². The Bertz CT molecular complexity index is 1220. The minimum Gasteiger partial charge on any atom is -0.349 e. The van der Waals surface area contributed by atoms with Crippen LogP contribution in [0.25, 0.3) is 22.2 Å². The molecule has 4 nitrogen and oxygen atoms in total. The summed E-state index contributed by atoms with van der Waals surface area (Å²) < 4.78 is 15.3. The predicted molar refractivity (Wildman–Crippen MR) is 132 cm³/mol. The first-order chi connectivity index (χ1) is 16.0. The SMILES string of the molecule is CCCC[C@H](C)CNC(=O)c1nc2cc(-c3ccc(F)cc3)ccc2n1Cc1ccccc1. The molecule has 0 saturated carbocycles. The van der Waals surface area contributed by atoms with E-state index in [0.29, 0.717) is 24.8 Å². The topological polar surface area (TPSA) is 46.9 Å². The van der Waals surface area contributed by atoms with Gasteiger partial charge in [0.25, 0.3) is 5.91 Å². The molecule has 0 aliphatic carbocycles. The maximum absolute atomic E-state index is 13.3. The first kappa shape index (κ1) is 22.7. The number of hydrogen-bond acceptors (Lipinski definition) is 2. The molecule has 1 aromatic heterocycles. The van der Waals surface area contributed by atoms with Crippen molar-refractivity contribution in [2.24, 2.45) is 5.92 Å². The molecular formula is C28H30FN3O. The van der Waals surface area contributed by atoms with Crippen LogP contribution in [0.2, 0.25) is 0 Å². The lowest BCUT2D eigenvalue weighted by atomic mass is 10.0. The Morgan fingerprint density at radius 1 is 1.03 bits per heavy atom. The molecule has 0 radical (unpaired) electrons. The molecule has 1 heterocycles. The fraction of sp³-hybridized carbons (Fsp3) is 0.286. The van der Waals surface area contributed by atoms with Crippen molar-refractivity contribution in [1.29, 1.82) is 0 Å². The predicted octanol–water partition coefficient (Wildman–Crippen LogP) is 6.45. The van der Waals surface area contributed by atoms with Gasteiger partial charge in [0.05, 0.1) is 11.0 Å². The van der Waals surface area contributed by atoms with Crippen LogP contribution >= 0.6 is 0 Å². The van der Waals surface area contributed by atoms with E-state index in [1.54, 1.807) is 12.1 Å². The summed E-state index contributed by atoms with van der Waals surface area (Å²) in [5.74, 6) is 0.409. The number of fused-ring (bicyclic) bond motifs is 1. The summed E-state index contributed by atoms with van der Waals surface area (Å²) in [6, 6.07) is 22.4. The summed E-state index contributed by atoms with van der Waals surface area (Å²) >= 11 is 0. The highest BCUT2D eigenvalue weighted by atomic mass is 19.1. The molecule has 170 valence electrons. The highest BCUT2D eigenvalue weighted by molar-refractivity contribution is 5.95. The van der Waals surface area contributed by atoms with Crippen LogP contribution in [-0.4, -0.2) is 22.0 Å². The molecule has 0 bridgehead atoms. The molecule has 1 atom stereocenters. The number of rotatable bonds is 9. The lowest BCUT2D eigenvalue weighted by molar-refractivity contribution is 0.0933. The van der Waals surface area contributed by atoms with Crippen LogP contribution in [0, 0.1) is 11.7 Å². The maximum Gasteiger partial charge on any atom is 0.287 e. The standard InChI is InChI=1S/C28H30FN3O/c1-3-4-8-20(2)18-30-28(33)27-31-25-17-23(22-11-14-24(29)15-12-22)13-16-26(25)32(27)19-21-9-6-5-7-10-21/h5-7,9-17,20H,3-4,8,18-19H2,1-2H3,(H,30,33)/t20-/m0/s1. The zero-order valence-corrected chi connectivity index (χ0v) is 19.2. The minimum atomic E-state index is -0.265. The summed E-state index contributed by atoms with van der Waals surface area (Å²) in [4.78, 5) is 17.9. The van der Waals surface area contributed by atoms with E-state index in [4.69, 9.17) is 4.98 Å². The van der Waals surface area contributed by atoms with Crippen LogP contribution in [0.15, 0.2) is 72.8 Å². The lowest BCUT2D eigenvalue weighted by Crippen LogP contribution is -2.30. The van der Waals surface area contributed by atoms with Gasteiger partial charge in [-0.2, -0.15) is 0 Å². The highest BCUT2D eigenvalue weighted by Gasteiger charge is 2.19. The Morgan fingerprint density at radius 2 is 1.76 bits per heavy atom. The van der Waals surface area contributed by atoms with Crippen LogP contribution < -0.4 is 5.32 Å². The van der Waals surface area contributed by atoms with E-state index < -0.39 is 0 Å². The van der Waals surface area contributed by atoms with Crippen LogP contribution in [0.5, 0.6) is 0 Å². The Labute approximate surface area is 194 Å².